The largest absolute Gasteiger partial charge is 0.490 e. The molecule has 4 nitrogen and oxygen atoms in total. The van der Waals surface area contributed by atoms with Crippen molar-refractivity contribution in [1.29, 1.82) is 0 Å². The zero-order valence-corrected chi connectivity index (χ0v) is 13.7. The van der Waals surface area contributed by atoms with E-state index < -0.39 is 0 Å². The molecule has 1 aromatic carbocycles. The van der Waals surface area contributed by atoms with Gasteiger partial charge in [-0.2, -0.15) is 4.99 Å². The fourth-order valence-electron chi connectivity index (χ4n) is 2.54. The van der Waals surface area contributed by atoms with Crippen molar-refractivity contribution < 1.29 is 9.53 Å². The summed E-state index contributed by atoms with van der Waals surface area (Å²) in [5, 5.41) is 0.844. The van der Waals surface area contributed by atoms with Crippen molar-refractivity contribution in [2.75, 3.05) is 13.1 Å². The molecule has 2 heterocycles. The number of carbonyl (C=O) groups is 1. The smallest absolute Gasteiger partial charge is 0.286 e. The SMILES string of the molecule is CC(C)Oc1ccccc1/C=C1/SC(N2CCCC2)=NC1=O. The van der Waals surface area contributed by atoms with E-state index in [0.29, 0.717) is 4.91 Å². The second-order valence-electron chi connectivity index (χ2n) is 5.71. The predicted octanol–water partition coefficient (Wildman–Crippen LogP) is 3.54. The first-order chi connectivity index (χ1) is 10.6. The van der Waals surface area contributed by atoms with Crippen molar-refractivity contribution >= 4 is 28.9 Å². The van der Waals surface area contributed by atoms with Gasteiger partial charge < -0.3 is 9.64 Å². The number of thioether (sulfide) groups is 1. The molecule has 2 aliphatic rings. The lowest BCUT2D eigenvalue weighted by Crippen LogP contribution is -2.23. The van der Waals surface area contributed by atoms with E-state index in [1.54, 1.807) is 0 Å². The molecule has 0 bridgehead atoms. The minimum atomic E-state index is -0.147. The van der Waals surface area contributed by atoms with Gasteiger partial charge in [0.05, 0.1) is 11.0 Å². The lowest BCUT2D eigenvalue weighted by atomic mass is 10.2. The van der Waals surface area contributed by atoms with E-state index >= 15 is 0 Å². The minimum absolute atomic E-state index is 0.0999. The number of hydrogen-bond donors (Lipinski definition) is 0. The maximum atomic E-state index is 12.1. The molecule has 0 N–H and O–H groups in total. The Morgan fingerprint density at radius 1 is 1.27 bits per heavy atom. The Hall–Kier alpha value is -1.75. The molecule has 0 aromatic heterocycles. The van der Waals surface area contributed by atoms with Crippen LogP contribution >= 0.6 is 11.8 Å². The standard InChI is InChI=1S/C17H20N2O2S/c1-12(2)21-14-8-4-3-7-13(14)11-15-16(20)18-17(22-15)19-9-5-6-10-19/h3-4,7-8,11-12H,5-6,9-10H2,1-2H3/b15-11+. The summed E-state index contributed by atoms with van der Waals surface area (Å²) in [7, 11) is 0. The Morgan fingerprint density at radius 3 is 2.73 bits per heavy atom. The maximum Gasteiger partial charge on any atom is 0.286 e. The van der Waals surface area contributed by atoms with Crippen LogP contribution in [0.4, 0.5) is 0 Å². The Balaban J connectivity index is 1.80. The lowest BCUT2D eigenvalue weighted by molar-refractivity contribution is -0.113. The molecule has 1 aromatic rings. The van der Waals surface area contributed by atoms with E-state index in [0.717, 1.165) is 29.6 Å². The van der Waals surface area contributed by atoms with Crippen LogP contribution in [-0.4, -0.2) is 35.2 Å². The highest BCUT2D eigenvalue weighted by Gasteiger charge is 2.27. The molecule has 2 aliphatic heterocycles. The Kier molecular flexibility index (Phi) is 4.52. The molecule has 0 radical (unpaired) electrons. The first-order valence-electron chi connectivity index (χ1n) is 7.66. The molecule has 22 heavy (non-hydrogen) atoms. The summed E-state index contributed by atoms with van der Waals surface area (Å²) in [6.07, 6.45) is 4.34. The fraction of sp³-hybridized carbons (Fsp3) is 0.412. The third-order valence-corrected chi connectivity index (χ3v) is 4.60. The zero-order chi connectivity index (χ0) is 15.5. The van der Waals surface area contributed by atoms with Gasteiger partial charge in [0.2, 0.25) is 0 Å². The van der Waals surface area contributed by atoms with Crippen molar-refractivity contribution in [2.45, 2.75) is 32.8 Å². The quantitative estimate of drug-likeness (QED) is 0.800. The number of rotatable bonds is 3. The second-order valence-corrected chi connectivity index (χ2v) is 6.72. The molecule has 0 atom stereocenters. The molecule has 1 saturated heterocycles. The van der Waals surface area contributed by atoms with Gasteiger partial charge in [0.25, 0.3) is 5.91 Å². The molecular formula is C17H20N2O2S. The van der Waals surface area contributed by atoms with Crippen molar-refractivity contribution in [3.63, 3.8) is 0 Å². The Labute approximate surface area is 135 Å². The lowest BCUT2D eigenvalue weighted by Gasteiger charge is -2.15. The number of amides is 1. The monoisotopic (exact) mass is 316 g/mol. The highest BCUT2D eigenvalue weighted by atomic mass is 32.2. The summed E-state index contributed by atoms with van der Waals surface area (Å²) in [6.45, 7) is 5.99. The number of carbonyl (C=O) groups excluding carboxylic acids is 1. The molecular weight excluding hydrogens is 296 g/mol. The first kappa shape index (κ1) is 15.2. The van der Waals surface area contributed by atoms with Gasteiger partial charge in [-0.3, -0.25) is 4.79 Å². The second kappa shape index (κ2) is 6.57. The van der Waals surface area contributed by atoms with E-state index in [-0.39, 0.29) is 12.0 Å². The number of ether oxygens (including phenoxy) is 1. The van der Waals surface area contributed by atoms with Crippen LogP contribution in [0, 0.1) is 0 Å². The molecule has 1 amide bonds. The van der Waals surface area contributed by atoms with Crippen LogP contribution in [0.5, 0.6) is 5.75 Å². The number of nitrogens with zero attached hydrogens (tertiary/aromatic N) is 2. The summed E-state index contributed by atoms with van der Waals surface area (Å²) in [5.41, 5.74) is 0.921. The number of likely N-dealkylation sites (tertiary alicyclic amines) is 1. The first-order valence-corrected chi connectivity index (χ1v) is 8.48. The number of benzene rings is 1. The van der Waals surface area contributed by atoms with Crippen molar-refractivity contribution in [3.8, 4) is 5.75 Å². The van der Waals surface area contributed by atoms with E-state index in [4.69, 9.17) is 4.74 Å². The highest BCUT2D eigenvalue weighted by molar-refractivity contribution is 8.18. The van der Waals surface area contributed by atoms with Gasteiger partial charge in [0, 0.05) is 18.7 Å². The molecule has 116 valence electrons. The topological polar surface area (TPSA) is 41.9 Å². The average Bonchev–Trinajstić information content (AvgIpc) is 3.11. The van der Waals surface area contributed by atoms with Gasteiger partial charge in [0.15, 0.2) is 5.17 Å². The summed E-state index contributed by atoms with van der Waals surface area (Å²) >= 11 is 1.47. The summed E-state index contributed by atoms with van der Waals surface area (Å²) in [4.78, 5) is 19.2. The Morgan fingerprint density at radius 2 is 2.00 bits per heavy atom. The van der Waals surface area contributed by atoms with Crippen LogP contribution < -0.4 is 4.74 Å². The van der Waals surface area contributed by atoms with Crippen molar-refractivity contribution in [3.05, 3.63) is 34.7 Å². The zero-order valence-electron chi connectivity index (χ0n) is 12.9. The summed E-state index contributed by atoms with van der Waals surface area (Å²) in [6, 6.07) is 7.78. The van der Waals surface area contributed by atoms with Gasteiger partial charge in [-0.15, -0.1) is 0 Å². The number of amidine groups is 1. The fourth-order valence-corrected chi connectivity index (χ4v) is 3.50. The predicted molar refractivity (Wildman–Crippen MR) is 91.0 cm³/mol. The molecule has 0 unspecified atom stereocenters. The van der Waals surface area contributed by atoms with E-state index in [9.17, 15) is 4.79 Å². The minimum Gasteiger partial charge on any atom is -0.490 e. The molecule has 1 fully saturated rings. The number of para-hydroxylation sites is 1. The molecule has 3 rings (SSSR count). The van der Waals surface area contributed by atoms with Gasteiger partial charge in [-0.25, -0.2) is 0 Å². The van der Waals surface area contributed by atoms with Crippen molar-refractivity contribution in [1.82, 2.24) is 4.90 Å². The molecule has 0 spiro atoms. The van der Waals surface area contributed by atoms with E-state index in [2.05, 4.69) is 9.89 Å². The van der Waals surface area contributed by atoms with Gasteiger partial charge in [-0.1, -0.05) is 18.2 Å². The van der Waals surface area contributed by atoms with E-state index in [1.807, 2.05) is 44.2 Å². The van der Waals surface area contributed by atoms with Crippen LogP contribution in [-0.2, 0) is 4.79 Å². The van der Waals surface area contributed by atoms with Gasteiger partial charge in [-0.05, 0) is 50.6 Å². The summed E-state index contributed by atoms with van der Waals surface area (Å²) in [5.74, 6) is 0.652. The van der Waals surface area contributed by atoms with Crippen LogP contribution in [0.3, 0.4) is 0 Å². The van der Waals surface area contributed by atoms with Crippen LogP contribution in [0.15, 0.2) is 34.2 Å². The third-order valence-electron chi connectivity index (χ3n) is 3.55. The summed E-state index contributed by atoms with van der Waals surface area (Å²) < 4.78 is 5.80. The Bertz CT molecular complexity index is 631. The van der Waals surface area contributed by atoms with Crippen LogP contribution in [0.1, 0.15) is 32.3 Å². The molecule has 0 aliphatic carbocycles. The van der Waals surface area contributed by atoms with E-state index in [1.165, 1.54) is 24.6 Å². The van der Waals surface area contributed by atoms with Crippen LogP contribution in [0.25, 0.3) is 6.08 Å². The molecule has 0 saturated carbocycles. The van der Waals surface area contributed by atoms with Gasteiger partial charge >= 0.3 is 0 Å². The average molecular weight is 316 g/mol. The maximum absolute atomic E-state index is 12.1. The third kappa shape index (κ3) is 3.35. The number of hydrogen-bond acceptors (Lipinski definition) is 4. The highest BCUT2D eigenvalue weighted by Crippen LogP contribution is 2.33. The van der Waals surface area contributed by atoms with Crippen molar-refractivity contribution in [2.24, 2.45) is 4.99 Å². The normalized spacial score (nSPS) is 20.1. The van der Waals surface area contributed by atoms with Crippen LogP contribution in [0.2, 0.25) is 0 Å². The van der Waals surface area contributed by atoms with Gasteiger partial charge in [0.1, 0.15) is 5.75 Å². The number of aliphatic imine (C=N–C) groups is 1. The molecule has 5 heteroatoms.